The van der Waals surface area contributed by atoms with Crippen LogP contribution in [0.2, 0.25) is 0 Å². The van der Waals surface area contributed by atoms with Crippen LogP contribution in [0, 0.1) is 5.41 Å². The first-order chi connectivity index (χ1) is 14.0. The molecule has 2 heterocycles. The number of methoxy groups -OCH3 is 1. The lowest BCUT2D eigenvalue weighted by Crippen LogP contribution is -2.37. The maximum atomic E-state index is 12.1. The molecule has 7 nitrogen and oxygen atoms in total. The van der Waals surface area contributed by atoms with Gasteiger partial charge in [-0.2, -0.15) is 4.37 Å². The lowest BCUT2D eigenvalue weighted by atomic mass is 10.1. The molecule has 1 aliphatic rings. The molecule has 0 spiro atoms. The Kier molecular flexibility index (Phi) is 5.27. The minimum Gasteiger partial charge on any atom is -0.481 e. The molecule has 2 aromatic heterocycles. The van der Waals surface area contributed by atoms with Crippen LogP contribution >= 0.6 is 11.5 Å². The lowest BCUT2D eigenvalue weighted by Gasteiger charge is -2.16. The van der Waals surface area contributed by atoms with Crippen molar-refractivity contribution in [1.82, 2.24) is 14.3 Å². The fourth-order valence-electron chi connectivity index (χ4n) is 3.93. The third-order valence-electron chi connectivity index (χ3n) is 5.12. The number of carbonyl (C=O) groups is 1. The molecule has 1 aliphatic carbocycles. The first-order valence-corrected chi connectivity index (χ1v) is 10.4. The molecule has 3 aromatic rings. The highest BCUT2D eigenvalue weighted by atomic mass is 32.1. The maximum Gasteiger partial charge on any atom is 0.407 e. The molecule has 4 rings (SSSR count). The zero-order chi connectivity index (χ0) is 20.5. The van der Waals surface area contributed by atoms with Crippen molar-refractivity contribution in [2.75, 3.05) is 7.11 Å². The Labute approximate surface area is 173 Å². The SMILES string of the molecule is COC(=N)c1ccc2c(c1)c1c(n2Cc2ccsn2)C[C@@H](NC(=O)OC(C)C)C1. The van der Waals surface area contributed by atoms with Gasteiger partial charge in [-0.15, -0.1) is 0 Å². The molecule has 8 heteroatoms. The molecule has 0 fully saturated rings. The average molecular weight is 413 g/mol. The Bertz CT molecular complexity index is 1060. The summed E-state index contributed by atoms with van der Waals surface area (Å²) in [4.78, 5) is 12.1. The van der Waals surface area contributed by atoms with E-state index in [4.69, 9.17) is 14.9 Å². The third-order valence-corrected chi connectivity index (χ3v) is 5.72. The zero-order valence-corrected chi connectivity index (χ0v) is 17.5. The number of amides is 1. The molecule has 0 radical (unpaired) electrons. The number of nitrogens with zero attached hydrogens (tertiary/aromatic N) is 2. The number of alkyl carbamates (subject to hydrolysis) is 1. The van der Waals surface area contributed by atoms with Gasteiger partial charge in [0.05, 0.1) is 25.5 Å². The van der Waals surface area contributed by atoms with Crippen molar-refractivity contribution < 1.29 is 14.3 Å². The van der Waals surface area contributed by atoms with E-state index in [-0.39, 0.29) is 24.1 Å². The van der Waals surface area contributed by atoms with Gasteiger partial charge in [-0.25, -0.2) is 4.79 Å². The molecule has 1 aromatic carbocycles. The van der Waals surface area contributed by atoms with Gasteiger partial charge < -0.3 is 19.4 Å². The van der Waals surface area contributed by atoms with Crippen LogP contribution in [-0.2, 0) is 28.9 Å². The van der Waals surface area contributed by atoms with Gasteiger partial charge in [-0.1, -0.05) is 0 Å². The van der Waals surface area contributed by atoms with Gasteiger partial charge in [-0.3, -0.25) is 5.41 Å². The number of fused-ring (bicyclic) bond motifs is 3. The summed E-state index contributed by atoms with van der Waals surface area (Å²) in [6, 6.07) is 7.98. The van der Waals surface area contributed by atoms with E-state index >= 15 is 0 Å². The van der Waals surface area contributed by atoms with Crippen molar-refractivity contribution in [3.05, 3.63) is 52.2 Å². The van der Waals surface area contributed by atoms with Crippen molar-refractivity contribution >= 4 is 34.4 Å². The molecule has 0 aliphatic heterocycles. The van der Waals surface area contributed by atoms with Gasteiger partial charge in [0.25, 0.3) is 0 Å². The van der Waals surface area contributed by atoms with Crippen LogP contribution < -0.4 is 5.32 Å². The highest BCUT2D eigenvalue weighted by Crippen LogP contribution is 2.34. The van der Waals surface area contributed by atoms with E-state index in [1.807, 2.05) is 43.5 Å². The minimum absolute atomic E-state index is 0.0112. The smallest absolute Gasteiger partial charge is 0.407 e. The Balaban J connectivity index is 1.70. The topological polar surface area (TPSA) is 89.2 Å². The minimum atomic E-state index is -0.382. The van der Waals surface area contributed by atoms with E-state index in [9.17, 15) is 4.79 Å². The summed E-state index contributed by atoms with van der Waals surface area (Å²) in [6.07, 6.45) is 0.929. The molecular formula is C21H24N4O3S. The quantitative estimate of drug-likeness (QED) is 0.494. The zero-order valence-electron chi connectivity index (χ0n) is 16.7. The van der Waals surface area contributed by atoms with Gasteiger partial charge in [0.2, 0.25) is 5.90 Å². The summed E-state index contributed by atoms with van der Waals surface area (Å²) in [5.41, 5.74) is 5.27. The number of hydrogen-bond acceptors (Lipinski definition) is 6. The number of hydrogen-bond donors (Lipinski definition) is 2. The summed E-state index contributed by atoms with van der Waals surface area (Å²) in [6.45, 7) is 4.36. The third kappa shape index (κ3) is 3.85. The maximum absolute atomic E-state index is 12.1. The highest BCUT2D eigenvalue weighted by Gasteiger charge is 2.30. The second-order valence-electron chi connectivity index (χ2n) is 7.47. The largest absolute Gasteiger partial charge is 0.481 e. The predicted molar refractivity (Wildman–Crippen MR) is 113 cm³/mol. The number of nitrogens with one attached hydrogen (secondary N) is 2. The predicted octanol–water partition coefficient (Wildman–Crippen LogP) is 3.72. The fraction of sp³-hybridized carbons (Fsp3) is 0.381. The van der Waals surface area contributed by atoms with Crippen LogP contribution in [0.3, 0.4) is 0 Å². The van der Waals surface area contributed by atoms with Crippen molar-refractivity contribution in [3.63, 3.8) is 0 Å². The van der Waals surface area contributed by atoms with Gasteiger partial charge in [0.1, 0.15) is 0 Å². The molecular weight excluding hydrogens is 388 g/mol. The number of aromatic nitrogens is 2. The van der Waals surface area contributed by atoms with Gasteiger partial charge in [-0.05, 0) is 61.6 Å². The van der Waals surface area contributed by atoms with E-state index in [0.29, 0.717) is 6.54 Å². The molecule has 1 atom stereocenters. The van der Waals surface area contributed by atoms with E-state index in [0.717, 1.165) is 35.0 Å². The van der Waals surface area contributed by atoms with Crippen molar-refractivity contribution in [2.24, 2.45) is 0 Å². The summed E-state index contributed by atoms with van der Waals surface area (Å²) < 4.78 is 17.1. The Hall–Kier alpha value is -2.87. The van der Waals surface area contributed by atoms with Gasteiger partial charge >= 0.3 is 6.09 Å². The number of rotatable bonds is 5. The molecule has 29 heavy (non-hydrogen) atoms. The second-order valence-corrected chi connectivity index (χ2v) is 8.14. The summed E-state index contributed by atoms with van der Waals surface area (Å²) in [5.74, 6) is 0.140. The average Bonchev–Trinajstić information content (AvgIpc) is 3.38. The van der Waals surface area contributed by atoms with Crippen molar-refractivity contribution in [3.8, 4) is 0 Å². The molecule has 0 unspecified atom stereocenters. The number of ether oxygens (including phenoxy) is 2. The summed E-state index contributed by atoms with van der Waals surface area (Å²) >= 11 is 1.44. The highest BCUT2D eigenvalue weighted by molar-refractivity contribution is 7.03. The van der Waals surface area contributed by atoms with E-state index in [2.05, 4.69) is 14.3 Å². The summed E-state index contributed by atoms with van der Waals surface area (Å²) in [5, 5.41) is 14.1. The van der Waals surface area contributed by atoms with Crippen molar-refractivity contribution in [1.29, 1.82) is 5.41 Å². The molecule has 152 valence electrons. The van der Waals surface area contributed by atoms with E-state index in [1.54, 1.807) is 0 Å². The van der Waals surface area contributed by atoms with Gasteiger partial charge in [0.15, 0.2) is 0 Å². The van der Waals surface area contributed by atoms with Crippen LogP contribution in [-0.4, -0.2) is 40.2 Å². The Morgan fingerprint density at radius 3 is 2.90 bits per heavy atom. The van der Waals surface area contributed by atoms with Crippen LogP contribution in [0.1, 0.15) is 36.4 Å². The molecule has 0 bridgehead atoms. The Morgan fingerprint density at radius 1 is 1.38 bits per heavy atom. The first-order valence-electron chi connectivity index (χ1n) is 9.59. The molecule has 0 saturated heterocycles. The van der Waals surface area contributed by atoms with Crippen LogP contribution in [0.25, 0.3) is 10.9 Å². The molecule has 0 saturated carbocycles. The van der Waals surface area contributed by atoms with Gasteiger partial charge in [0, 0.05) is 40.0 Å². The normalized spacial score (nSPS) is 15.5. The van der Waals surface area contributed by atoms with Crippen LogP contribution in [0.4, 0.5) is 4.79 Å². The lowest BCUT2D eigenvalue weighted by molar-refractivity contribution is 0.112. The monoisotopic (exact) mass is 412 g/mol. The Morgan fingerprint density at radius 2 is 2.21 bits per heavy atom. The summed E-state index contributed by atoms with van der Waals surface area (Å²) in [7, 11) is 1.50. The number of carbonyl (C=O) groups excluding carboxylic acids is 1. The standard InChI is InChI=1S/C21H24N4O3S/c1-12(2)28-21(26)23-15-9-17-16-8-13(20(22)27-3)4-5-18(16)25(19(17)10-15)11-14-6-7-29-24-14/h4-8,12,15,22H,9-11H2,1-3H3,(H,23,26)/t15-/m0/s1. The molecule has 1 amide bonds. The van der Waals surface area contributed by atoms with Crippen molar-refractivity contribution in [2.45, 2.75) is 45.4 Å². The van der Waals surface area contributed by atoms with E-state index < -0.39 is 0 Å². The number of benzene rings is 1. The second kappa shape index (κ2) is 7.87. The molecule has 2 N–H and O–H groups in total. The van der Waals surface area contributed by atoms with Crippen LogP contribution in [0.5, 0.6) is 0 Å². The first kappa shape index (κ1) is 19.4. The fourth-order valence-corrected chi connectivity index (χ4v) is 4.46. The van der Waals surface area contributed by atoms with Crippen LogP contribution in [0.15, 0.2) is 29.6 Å². The van der Waals surface area contributed by atoms with E-state index in [1.165, 1.54) is 29.9 Å².